The minimum absolute atomic E-state index is 0.0693. The monoisotopic (exact) mass is 352 g/mol. The van der Waals surface area contributed by atoms with Gasteiger partial charge in [-0.2, -0.15) is 0 Å². The molecule has 136 valence electrons. The molecule has 0 unspecified atom stereocenters. The molecule has 2 aromatic rings. The van der Waals surface area contributed by atoms with E-state index < -0.39 is 0 Å². The molecule has 2 fully saturated rings. The lowest BCUT2D eigenvalue weighted by molar-refractivity contribution is 0.0303. The Kier molecular flexibility index (Phi) is 5.02. The Bertz CT molecular complexity index is 738. The van der Waals surface area contributed by atoms with Crippen molar-refractivity contribution in [2.24, 2.45) is 0 Å². The van der Waals surface area contributed by atoms with Crippen molar-refractivity contribution in [3.63, 3.8) is 0 Å². The Morgan fingerprint density at radius 3 is 2.31 bits per heavy atom. The van der Waals surface area contributed by atoms with E-state index in [9.17, 15) is 4.79 Å². The van der Waals surface area contributed by atoms with Crippen LogP contribution in [0.4, 0.5) is 11.5 Å². The average molecular weight is 352 g/mol. The molecular formula is C20H24N4O2. The molecule has 2 aliphatic rings. The summed E-state index contributed by atoms with van der Waals surface area (Å²) in [6.07, 6.45) is 1.74. The van der Waals surface area contributed by atoms with Crippen LogP contribution in [0.5, 0.6) is 0 Å². The number of morpholine rings is 1. The first kappa shape index (κ1) is 16.8. The molecule has 1 aromatic carbocycles. The van der Waals surface area contributed by atoms with E-state index in [0.29, 0.717) is 31.9 Å². The summed E-state index contributed by atoms with van der Waals surface area (Å²) in [7, 11) is 0. The highest BCUT2D eigenvalue weighted by Gasteiger charge is 2.22. The van der Waals surface area contributed by atoms with Crippen molar-refractivity contribution in [1.29, 1.82) is 0 Å². The SMILES string of the molecule is O=C(c1ccnc(N2CCN(c3ccccc3)CC2)c1)N1CCOCC1. The van der Waals surface area contributed by atoms with Gasteiger partial charge < -0.3 is 19.4 Å². The van der Waals surface area contributed by atoms with Gasteiger partial charge in [0, 0.05) is 56.7 Å². The summed E-state index contributed by atoms with van der Waals surface area (Å²) in [5.41, 5.74) is 1.97. The van der Waals surface area contributed by atoms with Crippen molar-refractivity contribution >= 4 is 17.4 Å². The number of aromatic nitrogens is 1. The number of carbonyl (C=O) groups is 1. The summed E-state index contributed by atoms with van der Waals surface area (Å²) in [6.45, 7) is 6.25. The first-order valence-electron chi connectivity index (χ1n) is 9.19. The molecular weight excluding hydrogens is 328 g/mol. The van der Waals surface area contributed by atoms with Crippen LogP contribution in [0.15, 0.2) is 48.7 Å². The second-order valence-corrected chi connectivity index (χ2v) is 6.62. The number of benzene rings is 1. The molecule has 2 aliphatic heterocycles. The third-order valence-corrected chi connectivity index (χ3v) is 5.02. The van der Waals surface area contributed by atoms with Crippen molar-refractivity contribution in [1.82, 2.24) is 9.88 Å². The molecule has 0 radical (unpaired) electrons. The molecule has 0 saturated carbocycles. The highest BCUT2D eigenvalue weighted by atomic mass is 16.5. The Hall–Kier alpha value is -2.60. The van der Waals surface area contributed by atoms with Gasteiger partial charge in [-0.15, -0.1) is 0 Å². The lowest BCUT2D eigenvalue weighted by Gasteiger charge is -2.37. The standard InChI is InChI=1S/C20H24N4O2/c25-20(24-12-14-26-15-13-24)17-6-7-21-19(16-17)23-10-8-22(9-11-23)18-4-2-1-3-5-18/h1-7,16H,8-15H2. The van der Waals surface area contributed by atoms with Crippen LogP contribution in [0.3, 0.4) is 0 Å². The maximum Gasteiger partial charge on any atom is 0.254 e. The van der Waals surface area contributed by atoms with Crippen LogP contribution in [-0.4, -0.2) is 68.3 Å². The van der Waals surface area contributed by atoms with Gasteiger partial charge in [-0.1, -0.05) is 18.2 Å². The van der Waals surface area contributed by atoms with E-state index in [-0.39, 0.29) is 5.91 Å². The Balaban J connectivity index is 1.42. The van der Waals surface area contributed by atoms with Crippen molar-refractivity contribution in [3.8, 4) is 0 Å². The first-order chi connectivity index (χ1) is 12.8. The Labute approximate surface area is 154 Å². The van der Waals surface area contributed by atoms with Crippen molar-refractivity contribution in [2.75, 3.05) is 62.3 Å². The summed E-state index contributed by atoms with van der Waals surface area (Å²) in [4.78, 5) is 23.7. The number of hydrogen-bond donors (Lipinski definition) is 0. The van der Waals surface area contributed by atoms with Crippen molar-refractivity contribution in [3.05, 3.63) is 54.2 Å². The molecule has 2 saturated heterocycles. The average Bonchev–Trinajstić information content (AvgIpc) is 2.75. The third kappa shape index (κ3) is 3.65. The molecule has 1 amide bonds. The van der Waals surface area contributed by atoms with Crippen LogP contribution in [0.1, 0.15) is 10.4 Å². The number of carbonyl (C=O) groups excluding carboxylic acids is 1. The number of para-hydroxylation sites is 1. The largest absolute Gasteiger partial charge is 0.378 e. The van der Waals surface area contributed by atoms with Crippen LogP contribution in [0, 0.1) is 0 Å². The lowest BCUT2D eigenvalue weighted by Crippen LogP contribution is -2.47. The van der Waals surface area contributed by atoms with Crippen LogP contribution in [-0.2, 0) is 4.74 Å². The predicted molar refractivity (Wildman–Crippen MR) is 102 cm³/mol. The fourth-order valence-corrected chi connectivity index (χ4v) is 3.51. The maximum atomic E-state index is 12.7. The minimum atomic E-state index is 0.0693. The second kappa shape index (κ2) is 7.74. The van der Waals surface area contributed by atoms with Gasteiger partial charge in [0.2, 0.25) is 0 Å². The minimum Gasteiger partial charge on any atom is -0.378 e. The first-order valence-corrected chi connectivity index (χ1v) is 9.19. The van der Waals surface area contributed by atoms with E-state index >= 15 is 0 Å². The Morgan fingerprint density at radius 2 is 1.58 bits per heavy atom. The highest BCUT2D eigenvalue weighted by Crippen LogP contribution is 2.20. The fourth-order valence-electron chi connectivity index (χ4n) is 3.51. The maximum absolute atomic E-state index is 12.7. The van der Waals surface area contributed by atoms with Gasteiger partial charge in [-0.3, -0.25) is 4.79 Å². The molecule has 0 N–H and O–H groups in total. The topological polar surface area (TPSA) is 48.9 Å². The van der Waals surface area contributed by atoms with Crippen molar-refractivity contribution < 1.29 is 9.53 Å². The van der Waals surface area contributed by atoms with Gasteiger partial charge in [0.05, 0.1) is 13.2 Å². The molecule has 0 bridgehead atoms. The summed E-state index contributed by atoms with van der Waals surface area (Å²) in [5, 5.41) is 0. The summed E-state index contributed by atoms with van der Waals surface area (Å²) in [6, 6.07) is 14.2. The van der Waals surface area contributed by atoms with Crippen molar-refractivity contribution in [2.45, 2.75) is 0 Å². The normalized spacial score (nSPS) is 18.1. The highest BCUT2D eigenvalue weighted by molar-refractivity contribution is 5.95. The molecule has 0 atom stereocenters. The number of anilines is 2. The second-order valence-electron chi connectivity index (χ2n) is 6.62. The zero-order valence-corrected chi connectivity index (χ0v) is 14.9. The van der Waals surface area contributed by atoms with Gasteiger partial charge in [-0.25, -0.2) is 4.98 Å². The van der Waals surface area contributed by atoms with E-state index in [1.807, 2.05) is 23.1 Å². The molecule has 4 rings (SSSR count). The van der Waals surface area contributed by atoms with Gasteiger partial charge in [0.15, 0.2) is 0 Å². The number of amides is 1. The van der Waals surface area contributed by atoms with Gasteiger partial charge >= 0.3 is 0 Å². The summed E-state index contributed by atoms with van der Waals surface area (Å²) < 4.78 is 5.33. The predicted octanol–water partition coefficient (Wildman–Crippen LogP) is 1.88. The van der Waals surface area contributed by atoms with Crippen LogP contribution >= 0.6 is 0 Å². The molecule has 6 nitrogen and oxygen atoms in total. The fraction of sp³-hybridized carbons (Fsp3) is 0.400. The van der Waals surface area contributed by atoms with E-state index in [4.69, 9.17) is 4.74 Å². The molecule has 0 aliphatic carbocycles. The number of pyridine rings is 1. The Morgan fingerprint density at radius 1 is 0.885 bits per heavy atom. The smallest absolute Gasteiger partial charge is 0.254 e. The van der Waals surface area contributed by atoms with E-state index in [1.54, 1.807) is 6.20 Å². The van der Waals surface area contributed by atoms with Crippen LogP contribution in [0.25, 0.3) is 0 Å². The van der Waals surface area contributed by atoms with Gasteiger partial charge in [0.25, 0.3) is 5.91 Å². The number of piperazine rings is 1. The zero-order chi connectivity index (χ0) is 17.8. The van der Waals surface area contributed by atoms with E-state index in [0.717, 1.165) is 32.0 Å². The lowest BCUT2D eigenvalue weighted by atomic mass is 10.2. The number of hydrogen-bond acceptors (Lipinski definition) is 5. The molecule has 3 heterocycles. The summed E-state index contributed by atoms with van der Waals surface area (Å²) in [5.74, 6) is 0.955. The molecule has 26 heavy (non-hydrogen) atoms. The molecule has 1 aromatic heterocycles. The van der Waals surface area contributed by atoms with Gasteiger partial charge in [0.1, 0.15) is 5.82 Å². The number of nitrogens with zero attached hydrogens (tertiary/aromatic N) is 4. The summed E-state index contributed by atoms with van der Waals surface area (Å²) >= 11 is 0. The van der Waals surface area contributed by atoms with Crippen LogP contribution in [0.2, 0.25) is 0 Å². The van der Waals surface area contributed by atoms with E-state index in [1.165, 1.54) is 5.69 Å². The quantitative estimate of drug-likeness (QED) is 0.844. The number of ether oxygens (including phenoxy) is 1. The molecule has 0 spiro atoms. The van der Waals surface area contributed by atoms with Crippen LogP contribution < -0.4 is 9.80 Å². The zero-order valence-electron chi connectivity index (χ0n) is 14.9. The van der Waals surface area contributed by atoms with Gasteiger partial charge in [-0.05, 0) is 24.3 Å². The number of rotatable bonds is 3. The van der Waals surface area contributed by atoms with E-state index in [2.05, 4.69) is 39.0 Å². The third-order valence-electron chi connectivity index (χ3n) is 5.02. The molecule has 6 heteroatoms.